The molecule has 0 fully saturated rings. The topological polar surface area (TPSA) is 18.5 Å². The molecule has 0 spiro atoms. The Morgan fingerprint density at radius 2 is 2.36 bits per heavy atom. The molecule has 1 aromatic rings. The number of ether oxygens (including phenoxy) is 2. The van der Waals surface area contributed by atoms with E-state index in [1.54, 1.807) is 7.11 Å². The molecule has 1 rings (SSSR count). The maximum absolute atomic E-state index is 5.21. The molecule has 59 valence electrons. The van der Waals surface area contributed by atoms with Crippen molar-refractivity contribution in [3.63, 3.8) is 0 Å². The summed E-state index contributed by atoms with van der Waals surface area (Å²) in [6, 6.07) is 8.69. The molecule has 1 aromatic carbocycles. The van der Waals surface area contributed by atoms with Gasteiger partial charge in [-0.3, -0.25) is 0 Å². The molecule has 0 bridgehead atoms. The van der Waals surface area contributed by atoms with E-state index in [-0.39, 0.29) is 6.79 Å². The highest BCUT2D eigenvalue weighted by Crippen LogP contribution is 2.14. The molecule has 0 aliphatic carbocycles. The Morgan fingerprint density at radius 3 is 3.00 bits per heavy atom. The Labute approximate surface area is 66.8 Å². The van der Waals surface area contributed by atoms with Gasteiger partial charge >= 0.3 is 0 Å². The van der Waals surface area contributed by atoms with Crippen LogP contribution < -0.4 is 4.74 Å². The third kappa shape index (κ3) is 2.24. The molecule has 11 heavy (non-hydrogen) atoms. The van der Waals surface area contributed by atoms with Crippen LogP contribution in [-0.4, -0.2) is 13.9 Å². The van der Waals surface area contributed by atoms with E-state index in [2.05, 4.69) is 6.07 Å². The van der Waals surface area contributed by atoms with Crippen LogP contribution in [0.1, 0.15) is 5.56 Å². The maximum atomic E-state index is 5.21. The third-order valence-corrected chi connectivity index (χ3v) is 1.34. The number of benzene rings is 1. The summed E-state index contributed by atoms with van der Waals surface area (Å²) in [4.78, 5) is 0. The summed E-state index contributed by atoms with van der Waals surface area (Å²) in [5.41, 5.74) is 1.07. The van der Waals surface area contributed by atoms with Crippen molar-refractivity contribution in [2.24, 2.45) is 0 Å². The van der Waals surface area contributed by atoms with Crippen LogP contribution in [0, 0.1) is 13.0 Å². The largest absolute Gasteiger partial charge is 0.467 e. The van der Waals surface area contributed by atoms with Crippen LogP contribution in [0.15, 0.2) is 18.2 Å². The minimum atomic E-state index is 0.279. The molecule has 0 saturated carbocycles. The Hall–Kier alpha value is -1.02. The van der Waals surface area contributed by atoms with Crippen molar-refractivity contribution < 1.29 is 9.47 Å². The molecule has 0 heterocycles. The number of methoxy groups -OCH3 is 1. The number of para-hydroxylation sites is 1. The summed E-state index contributed by atoms with van der Waals surface area (Å²) in [5, 5.41) is 0. The van der Waals surface area contributed by atoms with Crippen LogP contribution in [0.3, 0.4) is 0 Å². The van der Waals surface area contributed by atoms with Gasteiger partial charge in [-0.15, -0.1) is 0 Å². The van der Waals surface area contributed by atoms with Crippen molar-refractivity contribution in [1.82, 2.24) is 0 Å². The van der Waals surface area contributed by atoms with Gasteiger partial charge in [0.2, 0.25) is 0 Å². The number of hydrogen-bond donors (Lipinski definition) is 0. The molecule has 0 amide bonds. The van der Waals surface area contributed by atoms with Crippen LogP contribution in [-0.2, 0) is 4.74 Å². The van der Waals surface area contributed by atoms with Crippen molar-refractivity contribution in [3.05, 3.63) is 29.8 Å². The zero-order chi connectivity index (χ0) is 8.10. The lowest BCUT2D eigenvalue weighted by Crippen LogP contribution is -1.99. The zero-order valence-corrected chi connectivity index (χ0v) is 6.76. The molecule has 0 unspecified atom stereocenters. The van der Waals surface area contributed by atoms with Gasteiger partial charge in [0.05, 0.1) is 0 Å². The van der Waals surface area contributed by atoms with E-state index in [1.165, 1.54) is 0 Å². The Bertz CT molecular complexity index is 221. The van der Waals surface area contributed by atoms with Gasteiger partial charge in [0, 0.05) is 13.2 Å². The van der Waals surface area contributed by atoms with Crippen molar-refractivity contribution in [2.45, 2.75) is 6.92 Å². The fourth-order valence-electron chi connectivity index (χ4n) is 0.779. The van der Waals surface area contributed by atoms with Gasteiger partial charge in [-0.2, -0.15) is 0 Å². The highest BCUT2D eigenvalue weighted by molar-refractivity contribution is 5.30. The van der Waals surface area contributed by atoms with Gasteiger partial charge < -0.3 is 9.47 Å². The van der Waals surface area contributed by atoms with Crippen LogP contribution in [0.5, 0.6) is 5.75 Å². The molecule has 0 saturated heterocycles. The van der Waals surface area contributed by atoms with E-state index in [9.17, 15) is 0 Å². The summed E-state index contributed by atoms with van der Waals surface area (Å²) >= 11 is 0. The summed E-state index contributed by atoms with van der Waals surface area (Å²) in [6.07, 6.45) is 0. The zero-order valence-electron chi connectivity index (χ0n) is 6.76. The van der Waals surface area contributed by atoms with Crippen molar-refractivity contribution in [3.8, 4) is 5.75 Å². The summed E-state index contributed by atoms with van der Waals surface area (Å²) in [6.45, 7) is 2.25. The predicted octanol–water partition coefficient (Wildman–Crippen LogP) is 1.78. The van der Waals surface area contributed by atoms with E-state index in [0.717, 1.165) is 11.3 Å². The van der Waals surface area contributed by atoms with Crippen molar-refractivity contribution in [1.29, 1.82) is 0 Å². The van der Waals surface area contributed by atoms with Gasteiger partial charge in [-0.25, -0.2) is 0 Å². The Morgan fingerprint density at radius 1 is 1.55 bits per heavy atom. The molecule has 2 heteroatoms. The molecule has 0 atom stereocenters. The first-order chi connectivity index (χ1) is 5.34. The Kier molecular flexibility index (Phi) is 2.93. The monoisotopic (exact) mass is 151 g/mol. The van der Waals surface area contributed by atoms with Gasteiger partial charge in [-0.05, 0) is 12.5 Å². The first kappa shape index (κ1) is 8.08. The van der Waals surface area contributed by atoms with E-state index in [4.69, 9.17) is 9.47 Å². The van der Waals surface area contributed by atoms with Crippen LogP contribution >= 0.6 is 0 Å². The number of aryl methyl sites for hydroxylation is 1. The van der Waals surface area contributed by atoms with Crippen molar-refractivity contribution >= 4 is 0 Å². The molecule has 0 aliphatic rings. The second kappa shape index (κ2) is 3.98. The molecular weight excluding hydrogens is 140 g/mol. The van der Waals surface area contributed by atoms with Gasteiger partial charge in [0.25, 0.3) is 0 Å². The first-order valence-electron chi connectivity index (χ1n) is 3.43. The average Bonchev–Trinajstić information content (AvgIpc) is 2.03. The lowest BCUT2D eigenvalue weighted by atomic mass is 10.2. The average molecular weight is 151 g/mol. The third-order valence-electron chi connectivity index (χ3n) is 1.34. The predicted molar refractivity (Wildman–Crippen MR) is 42.5 cm³/mol. The number of hydrogen-bond acceptors (Lipinski definition) is 2. The summed E-state index contributed by atoms with van der Waals surface area (Å²) < 4.78 is 9.97. The molecule has 0 aliphatic heterocycles. The lowest BCUT2D eigenvalue weighted by Gasteiger charge is -2.05. The second-order valence-corrected chi connectivity index (χ2v) is 2.23. The molecule has 0 aromatic heterocycles. The fraction of sp³-hybridized carbons (Fsp3) is 0.333. The Balaban J connectivity index is 2.62. The minimum Gasteiger partial charge on any atom is -0.467 e. The highest BCUT2D eigenvalue weighted by atomic mass is 16.7. The normalized spacial score (nSPS) is 9.64. The van der Waals surface area contributed by atoms with E-state index >= 15 is 0 Å². The quantitative estimate of drug-likeness (QED) is 0.613. The molecule has 1 radical (unpaired) electrons. The molecule has 0 N–H and O–H groups in total. The van der Waals surface area contributed by atoms with Crippen LogP contribution in [0.25, 0.3) is 0 Å². The second-order valence-electron chi connectivity index (χ2n) is 2.23. The van der Waals surface area contributed by atoms with E-state index in [0.29, 0.717) is 0 Å². The van der Waals surface area contributed by atoms with E-state index in [1.807, 2.05) is 25.1 Å². The molecular formula is C9H11O2. The SMILES string of the molecule is COCOc1[c]cccc1C. The first-order valence-corrected chi connectivity index (χ1v) is 3.43. The van der Waals surface area contributed by atoms with Gasteiger partial charge in [-0.1, -0.05) is 18.2 Å². The molecule has 2 nitrogen and oxygen atoms in total. The maximum Gasteiger partial charge on any atom is 0.188 e. The summed E-state index contributed by atoms with van der Waals surface area (Å²) in [5.74, 6) is 0.759. The van der Waals surface area contributed by atoms with Crippen LogP contribution in [0.4, 0.5) is 0 Å². The van der Waals surface area contributed by atoms with Crippen molar-refractivity contribution in [2.75, 3.05) is 13.9 Å². The standard InChI is InChI=1S/C9H11O2/c1-8-5-3-4-6-9(8)11-7-10-2/h3-5H,7H2,1-2H3. The highest BCUT2D eigenvalue weighted by Gasteiger charge is 1.95. The summed E-state index contributed by atoms with van der Waals surface area (Å²) in [7, 11) is 1.60. The lowest BCUT2D eigenvalue weighted by molar-refractivity contribution is 0.0504. The minimum absolute atomic E-state index is 0.279. The van der Waals surface area contributed by atoms with Gasteiger partial charge in [0.15, 0.2) is 6.79 Å². The smallest absolute Gasteiger partial charge is 0.188 e. The van der Waals surface area contributed by atoms with Crippen LogP contribution in [0.2, 0.25) is 0 Å². The fourth-order valence-corrected chi connectivity index (χ4v) is 0.779. The van der Waals surface area contributed by atoms with Gasteiger partial charge in [0.1, 0.15) is 5.75 Å². The van der Waals surface area contributed by atoms with E-state index < -0.39 is 0 Å². The number of rotatable bonds is 3.